The van der Waals surface area contributed by atoms with E-state index in [9.17, 15) is 9.59 Å². The van der Waals surface area contributed by atoms with Crippen molar-refractivity contribution in [2.45, 2.75) is 6.42 Å². The highest BCUT2D eigenvalue weighted by Gasteiger charge is 2.13. The number of halogens is 1. The number of fused-ring (bicyclic) bond motifs is 1. The second kappa shape index (κ2) is 9.12. The topological polar surface area (TPSA) is 62.3 Å². The van der Waals surface area contributed by atoms with E-state index in [0.29, 0.717) is 11.3 Å². The lowest BCUT2D eigenvalue weighted by molar-refractivity contribution is -0.128. The maximum absolute atomic E-state index is 12.8. The van der Waals surface area contributed by atoms with Crippen LogP contribution in [0.4, 0.5) is 0 Å². The fraction of sp³-hybridized carbons (Fsp3) is 0.190. The van der Waals surface area contributed by atoms with Crippen LogP contribution in [-0.4, -0.2) is 42.3 Å². The summed E-state index contributed by atoms with van der Waals surface area (Å²) >= 11 is 5.09. The SMILES string of the molecule is CN(C)C(=O)CCNC(=O)c1cc(/C=C/c2cccs2)nc2ccc(Br)cc12. The van der Waals surface area contributed by atoms with Gasteiger partial charge in [-0.25, -0.2) is 4.98 Å². The first kappa shape index (κ1) is 20.2. The van der Waals surface area contributed by atoms with Crippen molar-refractivity contribution in [3.8, 4) is 0 Å². The molecule has 1 aromatic carbocycles. The Kier molecular flexibility index (Phi) is 6.59. The minimum absolute atomic E-state index is 0.0257. The number of hydrogen-bond donors (Lipinski definition) is 1. The number of carbonyl (C=O) groups excluding carboxylic acids is 2. The molecule has 0 bridgehead atoms. The van der Waals surface area contributed by atoms with E-state index in [-0.39, 0.29) is 24.8 Å². The fourth-order valence-corrected chi connectivity index (χ4v) is 3.63. The van der Waals surface area contributed by atoms with E-state index >= 15 is 0 Å². The molecule has 0 spiro atoms. The molecule has 0 fully saturated rings. The fourth-order valence-electron chi connectivity index (χ4n) is 2.65. The van der Waals surface area contributed by atoms with Crippen LogP contribution in [0.2, 0.25) is 0 Å². The van der Waals surface area contributed by atoms with Gasteiger partial charge in [0, 0.05) is 41.8 Å². The number of thiophene rings is 1. The number of rotatable bonds is 6. The number of aromatic nitrogens is 1. The molecule has 0 saturated carbocycles. The first-order valence-electron chi connectivity index (χ1n) is 8.74. The Labute approximate surface area is 176 Å². The molecule has 1 N–H and O–H groups in total. The van der Waals surface area contributed by atoms with Crippen molar-refractivity contribution in [2.24, 2.45) is 0 Å². The predicted molar refractivity (Wildman–Crippen MR) is 118 cm³/mol. The Morgan fingerprint density at radius 1 is 1.21 bits per heavy atom. The molecular weight excluding hydrogens is 438 g/mol. The summed E-state index contributed by atoms with van der Waals surface area (Å²) < 4.78 is 0.875. The summed E-state index contributed by atoms with van der Waals surface area (Å²) in [6, 6.07) is 11.5. The Morgan fingerprint density at radius 2 is 2.04 bits per heavy atom. The third-order valence-electron chi connectivity index (χ3n) is 4.12. The van der Waals surface area contributed by atoms with Crippen molar-refractivity contribution in [1.82, 2.24) is 15.2 Å². The zero-order chi connectivity index (χ0) is 20.1. The maximum atomic E-state index is 12.8. The normalized spacial score (nSPS) is 11.1. The van der Waals surface area contributed by atoms with Crippen molar-refractivity contribution in [1.29, 1.82) is 0 Å². The number of nitrogens with zero attached hydrogens (tertiary/aromatic N) is 2. The van der Waals surface area contributed by atoms with Gasteiger partial charge in [-0.2, -0.15) is 0 Å². The van der Waals surface area contributed by atoms with Crippen molar-refractivity contribution in [2.75, 3.05) is 20.6 Å². The molecule has 2 heterocycles. The summed E-state index contributed by atoms with van der Waals surface area (Å²) in [6.45, 7) is 0.286. The largest absolute Gasteiger partial charge is 0.351 e. The van der Waals surface area contributed by atoms with Gasteiger partial charge >= 0.3 is 0 Å². The van der Waals surface area contributed by atoms with E-state index < -0.39 is 0 Å². The number of amides is 2. The van der Waals surface area contributed by atoms with Crippen LogP contribution in [0.3, 0.4) is 0 Å². The molecule has 0 atom stereocenters. The molecule has 2 amide bonds. The van der Waals surface area contributed by atoms with Crippen LogP contribution < -0.4 is 5.32 Å². The number of carbonyl (C=O) groups is 2. The molecule has 0 unspecified atom stereocenters. The van der Waals surface area contributed by atoms with Gasteiger partial charge < -0.3 is 10.2 Å². The molecule has 2 aromatic heterocycles. The lowest BCUT2D eigenvalue weighted by atomic mass is 10.1. The van der Waals surface area contributed by atoms with Gasteiger partial charge in [0.25, 0.3) is 5.91 Å². The van der Waals surface area contributed by atoms with Crippen LogP contribution in [0.1, 0.15) is 27.3 Å². The second-order valence-electron chi connectivity index (χ2n) is 6.40. The quantitative estimate of drug-likeness (QED) is 0.594. The molecule has 3 aromatic rings. The van der Waals surface area contributed by atoms with E-state index in [1.165, 1.54) is 4.90 Å². The van der Waals surface area contributed by atoms with Crippen molar-refractivity contribution in [3.63, 3.8) is 0 Å². The molecule has 0 radical (unpaired) electrons. The molecule has 0 aliphatic carbocycles. The average Bonchev–Trinajstić information content (AvgIpc) is 3.19. The first-order chi connectivity index (χ1) is 13.4. The third kappa shape index (κ3) is 5.05. The van der Waals surface area contributed by atoms with Gasteiger partial charge in [-0.05, 0) is 47.9 Å². The van der Waals surface area contributed by atoms with Crippen LogP contribution in [0.5, 0.6) is 0 Å². The Balaban J connectivity index is 1.88. The summed E-state index contributed by atoms with van der Waals surface area (Å²) in [7, 11) is 3.40. The molecule has 7 heteroatoms. The van der Waals surface area contributed by atoms with Crippen LogP contribution in [-0.2, 0) is 4.79 Å². The monoisotopic (exact) mass is 457 g/mol. The van der Waals surface area contributed by atoms with Gasteiger partial charge in [-0.15, -0.1) is 11.3 Å². The molecule has 5 nitrogen and oxygen atoms in total. The lowest BCUT2D eigenvalue weighted by Gasteiger charge is -2.12. The van der Waals surface area contributed by atoms with Gasteiger partial charge in [-0.3, -0.25) is 9.59 Å². The van der Waals surface area contributed by atoms with E-state index in [0.717, 1.165) is 20.3 Å². The highest BCUT2D eigenvalue weighted by molar-refractivity contribution is 9.10. The molecule has 3 rings (SSSR count). The van der Waals surface area contributed by atoms with Crippen LogP contribution >= 0.6 is 27.3 Å². The number of nitrogens with one attached hydrogen (secondary N) is 1. The zero-order valence-electron chi connectivity index (χ0n) is 15.6. The lowest BCUT2D eigenvalue weighted by Crippen LogP contribution is -2.30. The number of hydrogen-bond acceptors (Lipinski definition) is 4. The second-order valence-corrected chi connectivity index (χ2v) is 8.29. The Morgan fingerprint density at radius 3 is 2.75 bits per heavy atom. The summed E-state index contributed by atoms with van der Waals surface area (Å²) in [5, 5.41) is 5.62. The van der Waals surface area contributed by atoms with Crippen molar-refractivity contribution >= 4 is 62.1 Å². The molecule has 28 heavy (non-hydrogen) atoms. The van der Waals surface area contributed by atoms with Crippen molar-refractivity contribution < 1.29 is 9.59 Å². The van der Waals surface area contributed by atoms with E-state index in [1.807, 2.05) is 47.9 Å². The molecule has 144 valence electrons. The van der Waals surface area contributed by atoms with Gasteiger partial charge in [0.15, 0.2) is 0 Å². The molecule has 0 aliphatic heterocycles. The Bertz CT molecular complexity index is 1030. The summed E-state index contributed by atoms with van der Waals surface area (Å²) in [4.78, 5) is 31.8. The average molecular weight is 458 g/mol. The minimum Gasteiger partial charge on any atom is -0.351 e. The summed E-state index contributed by atoms with van der Waals surface area (Å²) in [5.41, 5.74) is 1.98. The van der Waals surface area contributed by atoms with E-state index in [4.69, 9.17) is 0 Å². The zero-order valence-corrected chi connectivity index (χ0v) is 18.0. The smallest absolute Gasteiger partial charge is 0.252 e. The van der Waals surface area contributed by atoms with Gasteiger partial charge in [0.1, 0.15) is 0 Å². The van der Waals surface area contributed by atoms with E-state index in [2.05, 4.69) is 26.2 Å². The number of benzene rings is 1. The highest BCUT2D eigenvalue weighted by Crippen LogP contribution is 2.24. The van der Waals surface area contributed by atoms with E-state index in [1.54, 1.807) is 31.5 Å². The maximum Gasteiger partial charge on any atom is 0.252 e. The van der Waals surface area contributed by atoms with Gasteiger partial charge in [-0.1, -0.05) is 22.0 Å². The molecular formula is C21H20BrN3O2S. The Hall–Kier alpha value is -2.51. The summed E-state index contributed by atoms with van der Waals surface area (Å²) in [6.07, 6.45) is 4.14. The minimum atomic E-state index is -0.220. The molecule has 0 saturated heterocycles. The van der Waals surface area contributed by atoms with Crippen LogP contribution in [0, 0.1) is 0 Å². The predicted octanol–water partition coefficient (Wildman–Crippen LogP) is 4.44. The number of pyridine rings is 1. The van der Waals surface area contributed by atoms with Gasteiger partial charge in [0.05, 0.1) is 16.8 Å². The first-order valence-corrected chi connectivity index (χ1v) is 10.4. The van der Waals surface area contributed by atoms with Crippen LogP contribution in [0.15, 0.2) is 46.3 Å². The van der Waals surface area contributed by atoms with Crippen LogP contribution in [0.25, 0.3) is 23.1 Å². The standard InChI is InChI=1S/C21H20BrN3O2S/c1-25(2)20(26)9-10-23-21(27)18-13-15(6-7-16-4-3-11-28-16)24-19-8-5-14(22)12-17(18)19/h3-8,11-13H,9-10H2,1-2H3,(H,23,27)/b7-6+. The van der Waals surface area contributed by atoms with Gasteiger partial charge in [0.2, 0.25) is 5.91 Å². The molecule has 0 aliphatic rings. The van der Waals surface area contributed by atoms with Crippen molar-refractivity contribution in [3.05, 3.63) is 62.4 Å². The highest BCUT2D eigenvalue weighted by atomic mass is 79.9. The summed E-state index contributed by atoms with van der Waals surface area (Å²) in [5.74, 6) is -0.245. The third-order valence-corrected chi connectivity index (χ3v) is 5.45.